The Hall–Kier alpha value is -2.24. The van der Waals surface area contributed by atoms with Crippen molar-refractivity contribution >= 4 is 40.7 Å². The van der Waals surface area contributed by atoms with Crippen LogP contribution in [-0.4, -0.2) is 37.4 Å². The third-order valence-corrected chi connectivity index (χ3v) is 4.24. The van der Waals surface area contributed by atoms with Crippen molar-refractivity contribution in [3.8, 4) is 5.75 Å². The van der Waals surface area contributed by atoms with E-state index < -0.39 is 0 Å². The van der Waals surface area contributed by atoms with E-state index in [0.717, 1.165) is 5.56 Å². The molecule has 0 spiro atoms. The summed E-state index contributed by atoms with van der Waals surface area (Å²) in [5.74, 6) is 0.197. The van der Waals surface area contributed by atoms with Crippen molar-refractivity contribution in [3.05, 3.63) is 58.1 Å². The number of nitrogens with zero attached hydrogens (tertiary/aromatic N) is 1. The van der Waals surface area contributed by atoms with Crippen LogP contribution in [0.15, 0.2) is 42.5 Å². The van der Waals surface area contributed by atoms with E-state index in [0.29, 0.717) is 21.5 Å². The maximum Gasteiger partial charge on any atom is 0.243 e. The predicted molar refractivity (Wildman–Crippen MR) is 99.4 cm³/mol. The minimum atomic E-state index is -0.320. The fourth-order valence-electron chi connectivity index (χ4n) is 2.17. The molecule has 2 rings (SSSR count). The van der Waals surface area contributed by atoms with Gasteiger partial charge in [0.1, 0.15) is 5.75 Å². The smallest absolute Gasteiger partial charge is 0.243 e. The van der Waals surface area contributed by atoms with Crippen LogP contribution >= 0.6 is 23.2 Å². The molecular formula is C18H18Cl2N2O3. The number of anilines is 1. The minimum Gasteiger partial charge on any atom is -0.497 e. The van der Waals surface area contributed by atoms with Gasteiger partial charge in [0.2, 0.25) is 11.8 Å². The van der Waals surface area contributed by atoms with Gasteiger partial charge in [0.25, 0.3) is 0 Å². The summed E-state index contributed by atoms with van der Waals surface area (Å²) < 4.78 is 5.14. The Morgan fingerprint density at radius 3 is 2.56 bits per heavy atom. The topological polar surface area (TPSA) is 58.6 Å². The Kier molecular flexibility index (Phi) is 6.67. The number of benzene rings is 2. The Bertz CT molecular complexity index is 781. The second-order valence-corrected chi connectivity index (χ2v) is 6.27. The standard InChI is InChI=1S/C18H18Cl2N2O3/c1-22(18(24)9-12-4-3-5-14(8-12)25-2)11-17(23)21-13-6-7-15(19)16(20)10-13/h3-8,10H,9,11H2,1-2H3,(H,21,23). The summed E-state index contributed by atoms with van der Waals surface area (Å²) in [6.07, 6.45) is 0.188. The van der Waals surface area contributed by atoms with E-state index in [2.05, 4.69) is 5.32 Å². The Balaban J connectivity index is 1.91. The van der Waals surface area contributed by atoms with Crippen LogP contribution in [0.2, 0.25) is 10.0 Å². The first-order chi connectivity index (χ1) is 11.9. The van der Waals surface area contributed by atoms with Gasteiger partial charge < -0.3 is 15.0 Å². The molecule has 0 bridgehead atoms. The average Bonchev–Trinajstić information content (AvgIpc) is 2.58. The Morgan fingerprint density at radius 2 is 1.88 bits per heavy atom. The highest BCUT2D eigenvalue weighted by atomic mass is 35.5. The number of ether oxygens (including phenoxy) is 1. The van der Waals surface area contributed by atoms with Gasteiger partial charge in [-0.2, -0.15) is 0 Å². The molecule has 0 atom stereocenters. The zero-order valence-electron chi connectivity index (χ0n) is 13.9. The molecule has 1 N–H and O–H groups in total. The van der Waals surface area contributed by atoms with Crippen LogP contribution in [0.5, 0.6) is 5.75 Å². The van der Waals surface area contributed by atoms with E-state index in [1.807, 2.05) is 18.2 Å². The quantitative estimate of drug-likeness (QED) is 0.831. The first-order valence-electron chi connectivity index (χ1n) is 7.51. The SMILES string of the molecule is COc1cccc(CC(=O)N(C)CC(=O)Nc2ccc(Cl)c(Cl)c2)c1. The lowest BCUT2D eigenvalue weighted by Gasteiger charge is -2.17. The van der Waals surface area contributed by atoms with Gasteiger partial charge in [-0.3, -0.25) is 9.59 Å². The van der Waals surface area contributed by atoms with E-state index in [4.69, 9.17) is 27.9 Å². The lowest BCUT2D eigenvalue weighted by molar-refractivity contribution is -0.132. The van der Waals surface area contributed by atoms with Crippen LogP contribution in [0.25, 0.3) is 0 Å². The van der Waals surface area contributed by atoms with E-state index in [-0.39, 0.29) is 24.8 Å². The normalized spacial score (nSPS) is 10.2. The number of methoxy groups -OCH3 is 1. The maximum atomic E-state index is 12.3. The number of carbonyl (C=O) groups is 2. The first kappa shape index (κ1) is 19.1. The molecule has 0 unspecified atom stereocenters. The fourth-order valence-corrected chi connectivity index (χ4v) is 2.47. The third-order valence-electron chi connectivity index (χ3n) is 3.50. The zero-order valence-corrected chi connectivity index (χ0v) is 15.4. The van der Waals surface area contributed by atoms with Crippen molar-refractivity contribution < 1.29 is 14.3 Å². The number of hydrogen-bond donors (Lipinski definition) is 1. The van der Waals surface area contributed by atoms with Crippen LogP contribution in [-0.2, 0) is 16.0 Å². The summed E-state index contributed by atoms with van der Waals surface area (Å²) in [5.41, 5.74) is 1.34. The molecule has 5 nitrogen and oxygen atoms in total. The van der Waals surface area contributed by atoms with Crippen LogP contribution < -0.4 is 10.1 Å². The summed E-state index contributed by atoms with van der Waals surface area (Å²) in [6.45, 7) is -0.0664. The Morgan fingerprint density at radius 1 is 1.12 bits per heavy atom. The first-order valence-corrected chi connectivity index (χ1v) is 8.26. The zero-order chi connectivity index (χ0) is 18.4. The molecule has 2 aromatic carbocycles. The predicted octanol–water partition coefficient (Wildman–Crippen LogP) is 3.64. The highest BCUT2D eigenvalue weighted by Gasteiger charge is 2.14. The minimum absolute atomic E-state index is 0.0664. The molecule has 7 heteroatoms. The molecule has 0 radical (unpaired) electrons. The van der Waals surface area contributed by atoms with Crippen LogP contribution in [0.1, 0.15) is 5.56 Å². The molecule has 0 fully saturated rings. The summed E-state index contributed by atoms with van der Waals surface area (Å²) in [6, 6.07) is 12.0. The van der Waals surface area contributed by atoms with E-state index in [1.165, 1.54) is 4.90 Å². The van der Waals surface area contributed by atoms with Crippen LogP contribution in [0.4, 0.5) is 5.69 Å². The van der Waals surface area contributed by atoms with Crippen molar-refractivity contribution in [3.63, 3.8) is 0 Å². The number of likely N-dealkylation sites (N-methyl/N-ethyl adjacent to an activating group) is 1. The molecule has 0 heterocycles. The number of halogens is 2. The largest absolute Gasteiger partial charge is 0.497 e. The number of rotatable bonds is 6. The lowest BCUT2D eigenvalue weighted by Crippen LogP contribution is -2.35. The van der Waals surface area contributed by atoms with Gasteiger partial charge in [0, 0.05) is 12.7 Å². The molecule has 132 valence electrons. The van der Waals surface area contributed by atoms with E-state index >= 15 is 0 Å². The highest BCUT2D eigenvalue weighted by molar-refractivity contribution is 6.42. The van der Waals surface area contributed by atoms with Gasteiger partial charge in [0.15, 0.2) is 0 Å². The lowest BCUT2D eigenvalue weighted by atomic mass is 10.1. The van der Waals surface area contributed by atoms with Crippen molar-refractivity contribution in [2.45, 2.75) is 6.42 Å². The molecule has 0 aliphatic rings. The summed E-state index contributed by atoms with van der Waals surface area (Å²) in [7, 11) is 3.15. The van der Waals surface area contributed by atoms with Gasteiger partial charge in [-0.1, -0.05) is 35.3 Å². The molecule has 0 saturated heterocycles. The van der Waals surface area contributed by atoms with E-state index in [9.17, 15) is 9.59 Å². The van der Waals surface area contributed by atoms with Gasteiger partial charge in [-0.15, -0.1) is 0 Å². The van der Waals surface area contributed by atoms with Gasteiger partial charge in [-0.05, 0) is 35.9 Å². The molecule has 0 aliphatic carbocycles. The third kappa shape index (κ3) is 5.66. The van der Waals surface area contributed by atoms with Crippen molar-refractivity contribution in [1.82, 2.24) is 4.90 Å². The van der Waals surface area contributed by atoms with Crippen LogP contribution in [0, 0.1) is 0 Å². The Labute approximate surface area is 156 Å². The van der Waals surface area contributed by atoms with Gasteiger partial charge >= 0.3 is 0 Å². The molecule has 0 aliphatic heterocycles. The molecule has 2 aromatic rings. The van der Waals surface area contributed by atoms with Gasteiger partial charge in [-0.25, -0.2) is 0 Å². The molecule has 2 amide bonds. The second kappa shape index (κ2) is 8.74. The van der Waals surface area contributed by atoms with Crippen LogP contribution in [0.3, 0.4) is 0 Å². The summed E-state index contributed by atoms with van der Waals surface area (Å²) >= 11 is 11.7. The van der Waals surface area contributed by atoms with E-state index in [1.54, 1.807) is 38.4 Å². The summed E-state index contributed by atoms with van der Waals surface area (Å²) in [5, 5.41) is 3.44. The molecule has 0 saturated carbocycles. The molecule has 0 aromatic heterocycles. The fraction of sp³-hybridized carbons (Fsp3) is 0.222. The summed E-state index contributed by atoms with van der Waals surface area (Å²) in [4.78, 5) is 25.7. The number of nitrogens with one attached hydrogen (secondary N) is 1. The number of amides is 2. The number of carbonyl (C=O) groups excluding carboxylic acids is 2. The molecule has 25 heavy (non-hydrogen) atoms. The van der Waals surface area contributed by atoms with Crippen molar-refractivity contribution in [2.24, 2.45) is 0 Å². The monoisotopic (exact) mass is 380 g/mol. The van der Waals surface area contributed by atoms with Crippen molar-refractivity contribution in [2.75, 3.05) is 26.0 Å². The highest BCUT2D eigenvalue weighted by Crippen LogP contribution is 2.24. The number of hydrogen-bond acceptors (Lipinski definition) is 3. The second-order valence-electron chi connectivity index (χ2n) is 5.46. The average molecular weight is 381 g/mol. The molecular weight excluding hydrogens is 363 g/mol. The van der Waals surface area contributed by atoms with Crippen molar-refractivity contribution in [1.29, 1.82) is 0 Å². The maximum absolute atomic E-state index is 12.3. The van der Waals surface area contributed by atoms with Gasteiger partial charge in [0.05, 0.1) is 30.1 Å².